The Kier molecular flexibility index (Phi) is 7.91. The first-order valence-electron chi connectivity index (χ1n) is 20.0. The number of nitrogens with zero attached hydrogens (tertiary/aromatic N) is 7. The van der Waals surface area contributed by atoms with Crippen molar-refractivity contribution in [1.82, 2.24) is 34.8 Å². The number of aromatic amines is 2. The standard InChI is InChI=1S/C47H29N9O9/c57-26-10-5-22(6-11-26)38-41(36-15-16-37(64-36)46(62)63)56(44(60)42(38)58)24-8-13-30-32(18-24)51-47(50-30)54-21-49-34-19-25(9-14-35(34)54)55-40(23-7-12-31-33(17-23)53-65-52-31)39(43(59)45(55)61)28-20-48-29-4-2-1-3-27(28)29/h1-21,40-41,48,57-59H,(H,50,51)(H,62,63). The number of carboxylic acid groups (broad SMARTS) is 1. The van der Waals surface area contributed by atoms with Crippen molar-refractivity contribution in [1.29, 1.82) is 0 Å². The van der Waals surface area contributed by atoms with E-state index in [4.69, 9.17) is 14.0 Å². The third-order valence-electron chi connectivity index (χ3n) is 11.9. The molecular formula is C47H29N9O9. The first kappa shape index (κ1) is 37.3. The Morgan fingerprint density at radius 2 is 1.43 bits per heavy atom. The second-order valence-corrected chi connectivity index (χ2v) is 15.5. The molecule has 65 heavy (non-hydrogen) atoms. The van der Waals surface area contributed by atoms with Crippen molar-refractivity contribution in [2.45, 2.75) is 12.1 Å². The van der Waals surface area contributed by atoms with Crippen LogP contribution in [0.3, 0.4) is 0 Å². The van der Waals surface area contributed by atoms with E-state index in [2.05, 4.69) is 25.3 Å². The van der Waals surface area contributed by atoms with Crippen LogP contribution in [0.25, 0.3) is 61.1 Å². The van der Waals surface area contributed by atoms with Crippen LogP contribution in [0.4, 0.5) is 11.4 Å². The number of phenols is 1. The van der Waals surface area contributed by atoms with Crippen LogP contribution < -0.4 is 9.80 Å². The Bertz CT molecular complexity index is 3720. The number of aromatic hydroxyl groups is 1. The maximum Gasteiger partial charge on any atom is 0.371 e. The molecule has 10 aromatic rings. The lowest BCUT2D eigenvalue weighted by Gasteiger charge is -2.27. The summed E-state index contributed by atoms with van der Waals surface area (Å²) in [4.78, 5) is 58.9. The fourth-order valence-electron chi connectivity index (χ4n) is 8.98. The van der Waals surface area contributed by atoms with Gasteiger partial charge < -0.3 is 34.8 Å². The second-order valence-electron chi connectivity index (χ2n) is 15.5. The summed E-state index contributed by atoms with van der Waals surface area (Å²) >= 11 is 0. The minimum Gasteiger partial charge on any atom is -0.508 e. The third kappa shape index (κ3) is 5.63. The number of imidazole rings is 2. The van der Waals surface area contributed by atoms with Gasteiger partial charge in [-0.25, -0.2) is 19.4 Å². The van der Waals surface area contributed by atoms with Crippen molar-refractivity contribution in [3.63, 3.8) is 0 Å². The van der Waals surface area contributed by atoms with E-state index in [9.17, 15) is 34.8 Å². The zero-order valence-corrected chi connectivity index (χ0v) is 33.2. The van der Waals surface area contributed by atoms with E-state index in [-0.39, 0.29) is 22.8 Å². The smallest absolute Gasteiger partial charge is 0.371 e. The molecule has 2 amide bonds. The summed E-state index contributed by atoms with van der Waals surface area (Å²) in [7, 11) is 0. The maximum absolute atomic E-state index is 14.2. The number of phenolic OH excluding ortho intramolecular Hbond substituents is 1. The molecule has 0 saturated heterocycles. The molecule has 18 heteroatoms. The number of carbonyl (C=O) groups is 3. The molecule has 7 heterocycles. The number of fused-ring (bicyclic) bond motifs is 4. The van der Waals surface area contributed by atoms with Gasteiger partial charge >= 0.3 is 5.97 Å². The van der Waals surface area contributed by atoms with Gasteiger partial charge in [-0.2, -0.15) is 0 Å². The molecule has 2 aliphatic heterocycles. The van der Waals surface area contributed by atoms with E-state index in [0.717, 1.165) is 10.9 Å². The topological polar surface area (TPSA) is 253 Å². The van der Waals surface area contributed by atoms with E-state index in [0.29, 0.717) is 72.7 Å². The Hall–Kier alpha value is -9.45. The normalized spacial score (nSPS) is 16.8. The summed E-state index contributed by atoms with van der Waals surface area (Å²) in [5.74, 6) is -3.55. The molecule has 12 rings (SSSR count). The van der Waals surface area contributed by atoms with Crippen molar-refractivity contribution in [3.8, 4) is 11.7 Å². The Balaban J connectivity index is 0.910. The van der Waals surface area contributed by atoms with Gasteiger partial charge in [0.2, 0.25) is 11.7 Å². The van der Waals surface area contributed by atoms with Gasteiger partial charge in [0.15, 0.2) is 11.5 Å². The number of H-pyrrole nitrogens is 2. The summed E-state index contributed by atoms with van der Waals surface area (Å²) < 4.78 is 12.4. The van der Waals surface area contributed by atoms with Crippen LogP contribution >= 0.6 is 0 Å². The number of benzene rings is 5. The van der Waals surface area contributed by atoms with Crippen molar-refractivity contribution >= 4 is 84.3 Å². The van der Waals surface area contributed by atoms with Gasteiger partial charge in [-0.1, -0.05) is 36.4 Å². The number of rotatable bonds is 8. The highest BCUT2D eigenvalue weighted by Gasteiger charge is 2.45. The summed E-state index contributed by atoms with van der Waals surface area (Å²) in [6.07, 6.45) is 3.36. The SMILES string of the molecule is O=C(O)c1ccc(C2C(c3ccc(O)cc3)=C(O)C(=O)N2c2ccc3[nH]c(-n4cnc5cc(N6C(=O)C(O)=C(c7c[nH]c8ccccc78)C6c6ccc7nonc7c6)ccc54)nc3c2)o1. The number of amides is 2. The number of carboxylic acids is 1. The number of furan rings is 1. The van der Waals surface area contributed by atoms with Gasteiger partial charge in [-0.05, 0) is 100 Å². The number of aliphatic hydroxyl groups excluding tert-OH is 2. The Labute approximate surface area is 363 Å². The van der Waals surface area contributed by atoms with Crippen LogP contribution in [0.2, 0.25) is 0 Å². The zero-order valence-electron chi connectivity index (χ0n) is 33.2. The zero-order chi connectivity index (χ0) is 44.2. The molecule has 0 bridgehead atoms. The van der Waals surface area contributed by atoms with Crippen molar-refractivity contribution in [2.24, 2.45) is 0 Å². The molecule has 0 aliphatic carbocycles. The van der Waals surface area contributed by atoms with Crippen molar-refractivity contribution in [3.05, 3.63) is 168 Å². The molecule has 0 saturated carbocycles. The third-order valence-corrected chi connectivity index (χ3v) is 11.9. The highest BCUT2D eigenvalue weighted by Crippen LogP contribution is 2.49. The summed E-state index contributed by atoms with van der Waals surface area (Å²) in [5, 5.41) is 51.3. The molecule has 0 radical (unpaired) electrons. The van der Waals surface area contributed by atoms with Gasteiger partial charge in [0.05, 0.1) is 28.1 Å². The fraction of sp³-hybridized carbons (Fsp3) is 0.0426. The van der Waals surface area contributed by atoms with Gasteiger partial charge in [0, 0.05) is 45.2 Å². The summed E-state index contributed by atoms with van der Waals surface area (Å²) in [6.45, 7) is 0. The number of para-hydroxylation sites is 1. The number of carbonyl (C=O) groups excluding carboxylic acids is 2. The van der Waals surface area contributed by atoms with Crippen molar-refractivity contribution < 1.29 is 43.9 Å². The molecule has 18 nitrogen and oxygen atoms in total. The van der Waals surface area contributed by atoms with Gasteiger partial charge in [0.1, 0.15) is 34.9 Å². The number of hydrogen-bond acceptors (Lipinski definition) is 12. The van der Waals surface area contributed by atoms with Crippen LogP contribution in [0.15, 0.2) is 148 Å². The number of anilines is 2. The largest absolute Gasteiger partial charge is 0.508 e. The van der Waals surface area contributed by atoms with Crippen LogP contribution in [0.5, 0.6) is 5.75 Å². The molecule has 2 aliphatic rings. The molecule has 0 fully saturated rings. The molecule has 2 atom stereocenters. The van der Waals surface area contributed by atoms with Crippen LogP contribution in [0.1, 0.15) is 45.1 Å². The highest BCUT2D eigenvalue weighted by molar-refractivity contribution is 6.18. The lowest BCUT2D eigenvalue weighted by atomic mass is 9.92. The lowest BCUT2D eigenvalue weighted by Crippen LogP contribution is -2.30. The number of nitrogens with one attached hydrogen (secondary N) is 2. The molecule has 2 unspecified atom stereocenters. The average molecular weight is 864 g/mol. The first-order valence-corrected chi connectivity index (χ1v) is 20.0. The Morgan fingerprint density at radius 3 is 2.23 bits per heavy atom. The molecule has 0 spiro atoms. The number of aromatic carboxylic acids is 1. The molecule has 316 valence electrons. The molecule has 6 N–H and O–H groups in total. The first-order chi connectivity index (χ1) is 31.6. The van der Waals surface area contributed by atoms with E-state index >= 15 is 0 Å². The minimum atomic E-state index is -1.31. The second kappa shape index (κ2) is 13.8. The molecule has 5 aromatic carbocycles. The number of aliphatic hydroxyl groups is 2. The quantitative estimate of drug-likeness (QED) is 0.0847. The van der Waals surface area contributed by atoms with Gasteiger partial charge in [-0.15, -0.1) is 0 Å². The summed E-state index contributed by atoms with van der Waals surface area (Å²) in [6, 6.07) is 30.1. The number of aromatic nitrogens is 7. The maximum atomic E-state index is 14.2. The van der Waals surface area contributed by atoms with Crippen molar-refractivity contribution in [2.75, 3.05) is 9.80 Å². The molecular weight excluding hydrogens is 835 g/mol. The lowest BCUT2D eigenvalue weighted by molar-refractivity contribution is -0.117. The number of hydrogen-bond donors (Lipinski definition) is 6. The van der Waals surface area contributed by atoms with Crippen LogP contribution in [-0.2, 0) is 9.59 Å². The van der Waals surface area contributed by atoms with Crippen LogP contribution in [0, 0.1) is 0 Å². The van der Waals surface area contributed by atoms with E-state index in [1.165, 1.54) is 46.2 Å². The van der Waals surface area contributed by atoms with Gasteiger partial charge in [0.25, 0.3) is 11.8 Å². The predicted octanol–water partition coefficient (Wildman–Crippen LogP) is 8.03. The highest BCUT2D eigenvalue weighted by atomic mass is 16.6. The van der Waals surface area contributed by atoms with E-state index in [1.54, 1.807) is 65.6 Å². The van der Waals surface area contributed by atoms with Gasteiger partial charge in [-0.3, -0.25) is 24.0 Å². The predicted molar refractivity (Wildman–Crippen MR) is 234 cm³/mol. The monoisotopic (exact) mass is 863 g/mol. The summed E-state index contributed by atoms with van der Waals surface area (Å²) in [5.41, 5.74) is 7.15. The molecule has 5 aromatic heterocycles. The fourth-order valence-corrected chi connectivity index (χ4v) is 8.98. The van der Waals surface area contributed by atoms with E-state index < -0.39 is 41.4 Å². The Morgan fingerprint density at radius 1 is 0.692 bits per heavy atom. The van der Waals surface area contributed by atoms with E-state index in [1.807, 2.05) is 30.3 Å². The minimum absolute atomic E-state index is 0.0247. The van der Waals surface area contributed by atoms with Crippen LogP contribution in [-0.4, -0.2) is 73.0 Å². The average Bonchev–Trinajstić information content (AvgIpc) is 4.19.